The summed E-state index contributed by atoms with van der Waals surface area (Å²) >= 11 is 0. The Hall–Kier alpha value is -1.63. The van der Waals surface area contributed by atoms with Crippen LogP contribution in [0.4, 0.5) is 0 Å². The van der Waals surface area contributed by atoms with Crippen molar-refractivity contribution in [3.8, 4) is 0 Å². The molecule has 114 valence electrons. The Morgan fingerprint density at radius 1 is 1.35 bits per heavy atom. The van der Waals surface area contributed by atoms with Crippen LogP contribution in [-0.2, 0) is 19.1 Å². The largest absolute Gasteiger partial charge is 0.467 e. The molecule has 0 radical (unpaired) electrons. The van der Waals surface area contributed by atoms with E-state index in [2.05, 4.69) is 10.1 Å². The van der Waals surface area contributed by atoms with Gasteiger partial charge in [0, 0.05) is 19.9 Å². The van der Waals surface area contributed by atoms with Crippen LogP contribution in [0.5, 0.6) is 0 Å². The van der Waals surface area contributed by atoms with Gasteiger partial charge in [-0.1, -0.05) is 13.8 Å². The molecule has 2 amide bonds. The highest BCUT2D eigenvalue weighted by molar-refractivity contribution is 5.90. The zero-order valence-corrected chi connectivity index (χ0v) is 12.3. The van der Waals surface area contributed by atoms with E-state index in [1.54, 1.807) is 13.8 Å². The second-order valence-electron chi connectivity index (χ2n) is 5.33. The maximum Gasteiger partial charge on any atom is 0.328 e. The summed E-state index contributed by atoms with van der Waals surface area (Å²) in [6, 6.07) is -1.51. The molecule has 7 heteroatoms. The number of nitrogens with one attached hydrogen (secondary N) is 1. The number of aliphatic hydroxyl groups excluding tert-OH is 1. The van der Waals surface area contributed by atoms with Gasteiger partial charge in [0.05, 0.1) is 13.2 Å². The van der Waals surface area contributed by atoms with E-state index in [9.17, 15) is 19.5 Å². The number of esters is 1. The third-order valence-corrected chi connectivity index (χ3v) is 3.41. The Labute approximate surface area is 118 Å². The van der Waals surface area contributed by atoms with E-state index in [-0.39, 0.29) is 24.8 Å². The lowest BCUT2D eigenvalue weighted by atomic mass is 10.0. The molecule has 0 spiro atoms. The number of β-amino-alcohol motifs (C(OH)–C–C–N with tert-alkyl or cyclic N) is 1. The fraction of sp³-hybridized carbons (Fsp3) is 0.769. The van der Waals surface area contributed by atoms with Crippen LogP contribution in [0, 0.1) is 5.92 Å². The molecule has 20 heavy (non-hydrogen) atoms. The van der Waals surface area contributed by atoms with Gasteiger partial charge in [0.25, 0.3) is 0 Å². The minimum atomic E-state index is -0.765. The second kappa shape index (κ2) is 6.69. The van der Waals surface area contributed by atoms with Crippen molar-refractivity contribution < 1.29 is 24.2 Å². The molecule has 0 aromatic carbocycles. The number of ether oxygens (including phenoxy) is 1. The summed E-state index contributed by atoms with van der Waals surface area (Å²) in [6.45, 7) is 5.05. The quantitative estimate of drug-likeness (QED) is 0.665. The van der Waals surface area contributed by atoms with Gasteiger partial charge < -0.3 is 20.1 Å². The fourth-order valence-electron chi connectivity index (χ4n) is 2.28. The number of rotatable bonds is 4. The Bertz CT molecular complexity index is 396. The predicted molar refractivity (Wildman–Crippen MR) is 70.6 cm³/mol. The third-order valence-electron chi connectivity index (χ3n) is 3.41. The van der Waals surface area contributed by atoms with Crippen molar-refractivity contribution in [2.45, 2.75) is 45.4 Å². The number of likely N-dealkylation sites (tertiary alicyclic amines) is 1. The molecule has 0 aliphatic carbocycles. The minimum Gasteiger partial charge on any atom is -0.467 e. The highest BCUT2D eigenvalue weighted by Gasteiger charge is 2.39. The number of hydrogen-bond donors (Lipinski definition) is 2. The van der Waals surface area contributed by atoms with E-state index in [0.29, 0.717) is 0 Å². The van der Waals surface area contributed by atoms with Gasteiger partial charge >= 0.3 is 5.97 Å². The monoisotopic (exact) mass is 286 g/mol. The molecule has 2 N–H and O–H groups in total. The molecule has 1 aliphatic rings. The SMILES string of the molecule is COC(=O)[C@H](NC(=O)[C@@H]1C[C@@H](O)CN1C(C)=O)C(C)C. The summed E-state index contributed by atoms with van der Waals surface area (Å²) in [4.78, 5) is 36.6. The lowest BCUT2D eigenvalue weighted by Gasteiger charge is -2.26. The third kappa shape index (κ3) is 3.69. The minimum absolute atomic E-state index is 0.136. The van der Waals surface area contributed by atoms with E-state index in [4.69, 9.17) is 0 Å². The first-order valence-electron chi connectivity index (χ1n) is 6.61. The van der Waals surface area contributed by atoms with Gasteiger partial charge in [0.1, 0.15) is 12.1 Å². The lowest BCUT2D eigenvalue weighted by molar-refractivity contribution is -0.147. The number of carbonyl (C=O) groups excluding carboxylic acids is 3. The van der Waals surface area contributed by atoms with Crippen molar-refractivity contribution in [2.75, 3.05) is 13.7 Å². The first-order chi connectivity index (χ1) is 9.27. The molecular weight excluding hydrogens is 264 g/mol. The van der Waals surface area contributed by atoms with E-state index in [0.717, 1.165) is 0 Å². The number of hydrogen-bond acceptors (Lipinski definition) is 5. The molecule has 7 nitrogen and oxygen atoms in total. The number of aliphatic hydroxyl groups is 1. The van der Waals surface area contributed by atoms with Gasteiger partial charge in [0.2, 0.25) is 11.8 Å². The van der Waals surface area contributed by atoms with Gasteiger partial charge in [0.15, 0.2) is 0 Å². The van der Waals surface area contributed by atoms with Crippen LogP contribution in [0.15, 0.2) is 0 Å². The topological polar surface area (TPSA) is 95.9 Å². The maximum atomic E-state index is 12.2. The van der Waals surface area contributed by atoms with Crippen molar-refractivity contribution in [1.29, 1.82) is 0 Å². The molecule has 1 fully saturated rings. The van der Waals surface area contributed by atoms with Crippen LogP contribution in [0.3, 0.4) is 0 Å². The van der Waals surface area contributed by atoms with Crippen LogP contribution >= 0.6 is 0 Å². The van der Waals surface area contributed by atoms with E-state index >= 15 is 0 Å². The first-order valence-corrected chi connectivity index (χ1v) is 6.61. The van der Waals surface area contributed by atoms with Crippen LogP contribution in [0.1, 0.15) is 27.2 Å². The molecule has 3 atom stereocenters. The zero-order valence-electron chi connectivity index (χ0n) is 12.3. The van der Waals surface area contributed by atoms with Gasteiger partial charge in [-0.05, 0) is 5.92 Å². The van der Waals surface area contributed by atoms with Gasteiger partial charge in [-0.3, -0.25) is 9.59 Å². The summed E-state index contributed by atoms with van der Waals surface area (Å²) in [6.07, 6.45) is -0.539. The van der Waals surface area contributed by atoms with E-state index in [1.165, 1.54) is 18.9 Å². The Morgan fingerprint density at radius 3 is 2.40 bits per heavy atom. The molecule has 1 rings (SSSR count). The highest BCUT2D eigenvalue weighted by Crippen LogP contribution is 2.19. The summed E-state index contributed by atoms with van der Waals surface area (Å²) in [7, 11) is 1.26. The van der Waals surface area contributed by atoms with Crippen molar-refractivity contribution in [3.63, 3.8) is 0 Å². The van der Waals surface area contributed by atoms with Crippen LogP contribution in [0.2, 0.25) is 0 Å². The Morgan fingerprint density at radius 2 is 1.95 bits per heavy atom. The molecule has 0 aromatic rings. The highest BCUT2D eigenvalue weighted by atomic mass is 16.5. The summed E-state index contributed by atoms with van der Waals surface area (Å²) in [5, 5.41) is 12.2. The number of amides is 2. The molecule has 1 saturated heterocycles. The lowest BCUT2D eigenvalue weighted by Crippen LogP contribution is -2.52. The van der Waals surface area contributed by atoms with E-state index in [1.807, 2.05) is 0 Å². The molecule has 0 saturated carbocycles. The zero-order chi connectivity index (χ0) is 15.4. The van der Waals surface area contributed by atoms with Crippen molar-refractivity contribution >= 4 is 17.8 Å². The average molecular weight is 286 g/mol. The standard InChI is InChI=1S/C13H22N2O5/c1-7(2)11(13(19)20-4)14-12(18)10-5-9(17)6-15(10)8(3)16/h7,9-11,17H,5-6H2,1-4H3,(H,14,18)/t9-,10+,11-/m1/s1. The first kappa shape index (κ1) is 16.4. The van der Waals surface area contributed by atoms with Crippen LogP contribution in [0.25, 0.3) is 0 Å². The average Bonchev–Trinajstić information content (AvgIpc) is 2.76. The van der Waals surface area contributed by atoms with E-state index < -0.39 is 30.1 Å². The van der Waals surface area contributed by atoms with Crippen molar-refractivity contribution in [2.24, 2.45) is 5.92 Å². The normalized spacial score (nSPS) is 23.6. The van der Waals surface area contributed by atoms with Gasteiger partial charge in [-0.25, -0.2) is 4.79 Å². The van der Waals surface area contributed by atoms with Crippen LogP contribution in [-0.4, -0.2) is 59.6 Å². The number of nitrogens with zero attached hydrogens (tertiary/aromatic N) is 1. The van der Waals surface area contributed by atoms with Crippen molar-refractivity contribution in [1.82, 2.24) is 10.2 Å². The predicted octanol–water partition coefficient (Wildman–Crippen LogP) is -0.718. The number of methoxy groups -OCH3 is 1. The molecule has 0 unspecified atom stereocenters. The Kier molecular flexibility index (Phi) is 5.50. The molecule has 0 aromatic heterocycles. The summed E-state index contributed by atoms with van der Waals surface area (Å²) in [5.41, 5.74) is 0. The Balaban J connectivity index is 2.78. The second-order valence-corrected chi connectivity index (χ2v) is 5.33. The molecule has 1 aliphatic heterocycles. The summed E-state index contributed by atoms with van der Waals surface area (Å²) < 4.78 is 4.65. The van der Waals surface area contributed by atoms with Gasteiger partial charge in [-0.2, -0.15) is 0 Å². The molecular formula is C13H22N2O5. The maximum absolute atomic E-state index is 12.2. The molecule has 0 bridgehead atoms. The van der Waals surface area contributed by atoms with Crippen molar-refractivity contribution in [3.05, 3.63) is 0 Å². The fourth-order valence-corrected chi connectivity index (χ4v) is 2.28. The summed E-state index contributed by atoms with van der Waals surface area (Å²) in [5.74, 6) is -1.38. The number of carbonyl (C=O) groups is 3. The van der Waals surface area contributed by atoms with Crippen LogP contribution < -0.4 is 5.32 Å². The van der Waals surface area contributed by atoms with Gasteiger partial charge in [-0.15, -0.1) is 0 Å². The molecule has 1 heterocycles. The smallest absolute Gasteiger partial charge is 0.328 e.